The van der Waals surface area contributed by atoms with Crippen LogP contribution in [0.3, 0.4) is 0 Å². The van der Waals surface area contributed by atoms with Gasteiger partial charge in [0.15, 0.2) is 11.4 Å². The number of carbonyl (C=O) groups is 2. The molecular formula is C23H24O4S. The molecule has 3 rings (SSSR count). The number of allylic oxidation sites excluding steroid dienone is 1. The van der Waals surface area contributed by atoms with Crippen LogP contribution in [0, 0.1) is 13.8 Å². The monoisotopic (exact) mass is 396 g/mol. The van der Waals surface area contributed by atoms with Crippen LogP contribution in [0.15, 0.2) is 41.3 Å². The number of ether oxygens (including phenoxy) is 1. The van der Waals surface area contributed by atoms with Crippen molar-refractivity contribution in [3.8, 4) is 5.75 Å². The van der Waals surface area contributed by atoms with Crippen molar-refractivity contribution < 1.29 is 19.4 Å². The predicted molar refractivity (Wildman–Crippen MR) is 112 cm³/mol. The number of hydrogen-bond acceptors (Lipinski definition) is 4. The number of aliphatic carboxylic acids is 1. The highest BCUT2D eigenvalue weighted by Gasteiger charge is 2.30. The third-order valence-electron chi connectivity index (χ3n) is 4.76. The summed E-state index contributed by atoms with van der Waals surface area (Å²) in [4.78, 5) is 25.1. The Labute approximate surface area is 169 Å². The lowest BCUT2D eigenvalue weighted by Gasteiger charge is -2.24. The first-order chi connectivity index (χ1) is 13.2. The molecule has 2 aromatic rings. The first kappa shape index (κ1) is 20.2. The molecule has 0 amide bonds. The molecular weight excluding hydrogens is 372 g/mol. The zero-order valence-electron chi connectivity index (χ0n) is 16.5. The molecule has 0 aliphatic carbocycles. The van der Waals surface area contributed by atoms with E-state index in [0.29, 0.717) is 11.3 Å². The van der Waals surface area contributed by atoms with Crippen molar-refractivity contribution in [1.29, 1.82) is 0 Å². The SMILES string of the molecule is Cc1cc(/C=C/C(=O)c2ccc3c(c2)CCS3)cc(C)c1OC(C)(C)C(=O)O. The average molecular weight is 397 g/mol. The van der Waals surface area contributed by atoms with Gasteiger partial charge in [0.1, 0.15) is 5.75 Å². The van der Waals surface area contributed by atoms with Gasteiger partial charge in [0.05, 0.1) is 0 Å². The lowest BCUT2D eigenvalue weighted by Crippen LogP contribution is -2.38. The average Bonchev–Trinajstić information content (AvgIpc) is 3.10. The standard InChI is InChI=1S/C23H24O4S/c1-14-11-16(12-15(2)21(14)27-23(3,4)22(25)26)5-7-19(24)17-6-8-20-18(13-17)9-10-28-20/h5-8,11-13H,9-10H2,1-4H3,(H,25,26)/b7-5+. The zero-order chi connectivity index (χ0) is 20.5. The van der Waals surface area contributed by atoms with Crippen molar-refractivity contribution in [3.63, 3.8) is 0 Å². The summed E-state index contributed by atoms with van der Waals surface area (Å²) < 4.78 is 5.72. The highest BCUT2D eigenvalue weighted by atomic mass is 32.2. The first-order valence-corrected chi connectivity index (χ1v) is 10.2. The molecule has 0 radical (unpaired) electrons. The van der Waals surface area contributed by atoms with E-state index in [0.717, 1.165) is 28.9 Å². The van der Waals surface area contributed by atoms with Crippen molar-refractivity contribution in [2.24, 2.45) is 0 Å². The van der Waals surface area contributed by atoms with Crippen molar-refractivity contribution >= 4 is 29.6 Å². The molecule has 0 unspecified atom stereocenters. The fourth-order valence-corrected chi connectivity index (χ4v) is 4.20. The van der Waals surface area contributed by atoms with Crippen molar-refractivity contribution in [2.75, 3.05) is 5.75 Å². The van der Waals surface area contributed by atoms with E-state index in [9.17, 15) is 14.7 Å². The Morgan fingerprint density at radius 1 is 1.14 bits per heavy atom. The molecule has 2 aromatic carbocycles. The second-order valence-corrected chi connectivity index (χ2v) is 8.66. The fourth-order valence-electron chi connectivity index (χ4n) is 3.15. The molecule has 0 saturated carbocycles. The van der Waals surface area contributed by atoms with Crippen LogP contribution >= 0.6 is 11.8 Å². The Morgan fingerprint density at radius 3 is 2.46 bits per heavy atom. The van der Waals surface area contributed by atoms with Crippen LogP contribution in [-0.4, -0.2) is 28.2 Å². The molecule has 1 aliphatic rings. The summed E-state index contributed by atoms with van der Waals surface area (Å²) in [5.74, 6) is 0.594. The third-order valence-corrected chi connectivity index (χ3v) is 5.87. The summed E-state index contributed by atoms with van der Waals surface area (Å²) in [7, 11) is 0. The maximum Gasteiger partial charge on any atom is 0.347 e. The van der Waals surface area contributed by atoms with Gasteiger partial charge in [0.2, 0.25) is 0 Å². The number of ketones is 1. The van der Waals surface area contributed by atoms with Gasteiger partial charge in [0.25, 0.3) is 0 Å². The summed E-state index contributed by atoms with van der Waals surface area (Å²) in [5, 5.41) is 9.28. The number of fused-ring (bicyclic) bond motifs is 1. The van der Waals surface area contributed by atoms with Crippen molar-refractivity contribution in [1.82, 2.24) is 0 Å². The van der Waals surface area contributed by atoms with Crippen LogP contribution < -0.4 is 4.74 Å². The maximum atomic E-state index is 12.5. The van der Waals surface area contributed by atoms with Crippen molar-refractivity contribution in [3.05, 3.63) is 64.2 Å². The van der Waals surface area contributed by atoms with E-state index in [4.69, 9.17) is 4.74 Å². The van der Waals surface area contributed by atoms with E-state index in [-0.39, 0.29) is 5.78 Å². The van der Waals surface area contributed by atoms with Crippen molar-refractivity contribution in [2.45, 2.75) is 44.6 Å². The highest BCUT2D eigenvalue weighted by molar-refractivity contribution is 7.99. The van der Waals surface area contributed by atoms with Crippen LogP contribution in [0.1, 0.15) is 46.5 Å². The first-order valence-electron chi connectivity index (χ1n) is 9.19. The quantitative estimate of drug-likeness (QED) is 0.544. The van der Waals surface area contributed by atoms with Gasteiger partial charge in [-0.05, 0) is 92.8 Å². The molecule has 0 bridgehead atoms. The summed E-state index contributed by atoms with van der Waals surface area (Å²) >= 11 is 1.83. The Kier molecular flexibility index (Phi) is 5.66. The van der Waals surface area contributed by atoms with Crippen LogP contribution in [-0.2, 0) is 11.2 Å². The lowest BCUT2D eigenvalue weighted by molar-refractivity contribution is -0.152. The Morgan fingerprint density at radius 2 is 1.82 bits per heavy atom. The van der Waals surface area contributed by atoms with Gasteiger partial charge in [-0.3, -0.25) is 4.79 Å². The molecule has 4 nitrogen and oxygen atoms in total. The number of hydrogen-bond donors (Lipinski definition) is 1. The van der Waals surface area contributed by atoms with Gasteiger partial charge in [-0.1, -0.05) is 6.08 Å². The molecule has 0 aromatic heterocycles. The van der Waals surface area contributed by atoms with E-state index in [1.807, 2.05) is 55.9 Å². The predicted octanol–water partition coefficient (Wildman–Crippen LogP) is 5.09. The smallest absolute Gasteiger partial charge is 0.347 e. The fraction of sp³-hybridized carbons (Fsp3) is 0.304. The number of benzene rings is 2. The molecule has 0 atom stereocenters. The Bertz CT molecular complexity index is 950. The van der Waals surface area contributed by atoms with E-state index in [1.54, 1.807) is 12.2 Å². The zero-order valence-corrected chi connectivity index (χ0v) is 17.4. The lowest BCUT2D eigenvalue weighted by atomic mass is 10.0. The number of carboxylic acid groups (broad SMARTS) is 1. The van der Waals surface area contributed by atoms with E-state index in [2.05, 4.69) is 0 Å². The second kappa shape index (κ2) is 7.84. The second-order valence-electron chi connectivity index (χ2n) is 7.52. The van der Waals surface area contributed by atoms with Crippen LogP contribution in [0.25, 0.3) is 6.08 Å². The number of carbonyl (C=O) groups excluding carboxylic acids is 1. The van der Waals surface area contributed by atoms with E-state index >= 15 is 0 Å². The largest absolute Gasteiger partial charge is 0.478 e. The number of carboxylic acids is 1. The minimum Gasteiger partial charge on any atom is -0.478 e. The molecule has 0 saturated heterocycles. The topological polar surface area (TPSA) is 63.6 Å². The van der Waals surface area contributed by atoms with Gasteiger partial charge in [0, 0.05) is 16.2 Å². The maximum absolute atomic E-state index is 12.5. The summed E-state index contributed by atoms with van der Waals surface area (Å²) in [6.45, 7) is 6.79. The minimum absolute atomic E-state index is 0.0256. The van der Waals surface area contributed by atoms with Gasteiger partial charge in [-0.25, -0.2) is 4.79 Å². The molecule has 28 heavy (non-hydrogen) atoms. The molecule has 1 aliphatic heterocycles. The number of thioether (sulfide) groups is 1. The molecule has 0 spiro atoms. The molecule has 0 fully saturated rings. The summed E-state index contributed by atoms with van der Waals surface area (Å²) in [6.07, 6.45) is 4.38. The number of rotatable bonds is 6. The highest BCUT2D eigenvalue weighted by Crippen LogP contribution is 2.32. The molecule has 1 heterocycles. The van der Waals surface area contributed by atoms with Gasteiger partial charge in [-0.2, -0.15) is 0 Å². The van der Waals surface area contributed by atoms with Crippen LogP contribution in [0.5, 0.6) is 5.75 Å². The van der Waals surface area contributed by atoms with Crippen LogP contribution in [0.2, 0.25) is 0 Å². The van der Waals surface area contributed by atoms with Crippen LogP contribution in [0.4, 0.5) is 0 Å². The Hall–Kier alpha value is -2.53. The van der Waals surface area contributed by atoms with Gasteiger partial charge in [-0.15, -0.1) is 11.8 Å². The van der Waals surface area contributed by atoms with Gasteiger partial charge < -0.3 is 9.84 Å². The summed E-state index contributed by atoms with van der Waals surface area (Å²) in [6, 6.07) is 9.68. The summed E-state index contributed by atoms with van der Waals surface area (Å²) in [5.41, 5.74) is 3.18. The molecule has 1 N–H and O–H groups in total. The van der Waals surface area contributed by atoms with Gasteiger partial charge >= 0.3 is 5.97 Å². The normalized spacial score (nSPS) is 13.6. The Balaban J connectivity index is 1.79. The molecule has 5 heteroatoms. The van der Waals surface area contributed by atoms with E-state index in [1.165, 1.54) is 24.3 Å². The number of aryl methyl sites for hydroxylation is 3. The van der Waals surface area contributed by atoms with E-state index < -0.39 is 11.6 Å². The minimum atomic E-state index is -1.31. The third kappa shape index (κ3) is 4.30. The molecule has 146 valence electrons.